The molecule has 0 bridgehead atoms. The predicted molar refractivity (Wildman–Crippen MR) is 206 cm³/mol. The maximum Gasteiger partial charge on any atom is 0.411 e. The summed E-state index contributed by atoms with van der Waals surface area (Å²) >= 11 is 0. The van der Waals surface area contributed by atoms with Crippen LogP contribution in [0.3, 0.4) is 0 Å². The van der Waals surface area contributed by atoms with Gasteiger partial charge in [0.15, 0.2) is 11.6 Å². The third-order valence-corrected chi connectivity index (χ3v) is 14.5. The SMILES string of the molecule is CCOc1cc2ccnc(O[C@@H]3C[C@H]4C(=O)N[C@]5(C(=O)NS(=O)(=O)C6(C)CC6)C[C@H]5C=CCC[C@H](C)C[C@@H](C)[C@H](N(C(=O)O)C(C)(C)C(F)(F)F)C(=O)N4C3)c2cc1F. The Kier molecular flexibility index (Phi) is 11.7. The average molecular weight is 854 g/mol. The highest BCUT2D eigenvalue weighted by atomic mass is 32.2. The maximum atomic E-state index is 15.1. The fraction of sp³-hybridized carbons (Fsp3) is 0.625. The third kappa shape index (κ3) is 8.40. The number of aromatic nitrogens is 1. The Labute approximate surface area is 340 Å². The van der Waals surface area contributed by atoms with E-state index in [1.54, 1.807) is 25.1 Å². The van der Waals surface area contributed by atoms with E-state index in [0.29, 0.717) is 44.9 Å². The number of nitrogens with one attached hydrogen (secondary N) is 2. The number of hydrogen-bond acceptors (Lipinski definition) is 9. The second-order valence-corrected chi connectivity index (χ2v) is 19.4. The molecule has 2 aliphatic heterocycles. The first-order valence-electron chi connectivity index (χ1n) is 19.8. The molecule has 59 heavy (non-hydrogen) atoms. The van der Waals surface area contributed by atoms with Crippen molar-refractivity contribution in [2.45, 2.75) is 127 Å². The van der Waals surface area contributed by atoms with E-state index in [9.17, 15) is 45.9 Å². The fourth-order valence-electron chi connectivity index (χ4n) is 8.25. The molecule has 1 aromatic heterocycles. The first-order chi connectivity index (χ1) is 27.5. The molecule has 2 aromatic rings. The Morgan fingerprint density at radius 2 is 1.85 bits per heavy atom. The zero-order chi connectivity index (χ0) is 43.5. The smallest absolute Gasteiger partial charge is 0.411 e. The van der Waals surface area contributed by atoms with E-state index in [4.69, 9.17) is 9.47 Å². The Morgan fingerprint density at radius 3 is 2.47 bits per heavy atom. The van der Waals surface area contributed by atoms with Gasteiger partial charge in [0.25, 0.3) is 5.91 Å². The van der Waals surface area contributed by atoms with Crippen molar-refractivity contribution in [1.82, 2.24) is 24.8 Å². The number of carboxylic acid groups (broad SMARTS) is 1. The second kappa shape index (κ2) is 15.7. The number of nitrogens with zero attached hydrogens (tertiary/aromatic N) is 3. The van der Waals surface area contributed by atoms with E-state index in [-0.39, 0.29) is 53.7 Å². The highest BCUT2D eigenvalue weighted by Crippen LogP contribution is 2.48. The molecular weight excluding hydrogens is 803 g/mol. The summed E-state index contributed by atoms with van der Waals surface area (Å²) in [6.07, 6.45) is -1.91. The van der Waals surface area contributed by atoms with Crippen LogP contribution in [0.15, 0.2) is 36.5 Å². The molecule has 1 saturated heterocycles. The number of pyridine rings is 1. The highest BCUT2D eigenvalue weighted by Gasteiger charge is 2.64. The molecule has 4 amide bonds. The van der Waals surface area contributed by atoms with Gasteiger partial charge >= 0.3 is 12.3 Å². The van der Waals surface area contributed by atoms with Gasteiger partial charge in [-0.05, 0) is 102 Å². The van der Waals surface area contributed by atoms with E-state index in [1.807, 2.05) is 6.92 Å². The van der Waals surface area contributed by atoms with Gasteiger partial charge < -0.3 is 24.8 Å². The number of sulfonamides is 1. The molecule has 14 nitrogen and oxygen atoms in total. The summed E-state index contributed by atoms with van der Waals surface area (Å²) in [6, 6.07) is 0.695. The Morgan fingerprint density at radius 1 is 1.15 bits per heavy atom. The zero-order valence-electron chi connectivity index (χ0n) is 33.8. The number of alkyl halides is 3. The van der Waals surface area contributed by atoms with Crippen molar-refractivity contribution in [3.63, 3.8) is 0 Å². The van der Waals surface area contributed by atoms with Gasteiger partial charge in [-0.3, -0.25) is 24.0 Å². The fourth-order valence-corrected chi connectivity index (χ4v) is 9.56. The van der Waals surface area contributed by atoms with Crippen LogP contribution >= 0.6 is 0 Å². The van der Waals surface area contributed by atoms with Gasteiger partial charge in [0.1, 0.15) is 29.3 Å². The molecule has 2 aliphatic carbocycles. The van der Waals surface area contributed by atoms with Gasteiger partial charge in [-0.2, -0.15) is 13.2 Å². The molecular formula is C40H51F4N5O9S. The number of benzene rings is 1. The van der Waals surface area contributed by atoms with Crippen molar-refractivity contribution in [3.05, 3.63) is 42.4 Å². The van der Waals surface area contributed by atoms with Crippen LogP contribution in [0.5, 0.6) is 11.6 Å². The topological polar surface area (TPSA) is 185 Å². The minimum atomic E-state index is -5.12. The molecule has 2 saturated carbocycles. The quantitative estimate of drug-likeness (QED) is 0.209. The highest BCUT2D eigenvalue weighted by molar-refractivity contribution is 7.91. The van der Waals surface area contributed by atoms with E-state index in [2.05, 4.69) is 15.0 Å². The van der Waals surface area contributed by atoms with Gasteiger partial charge in [-0.25, -0.2) is 22.6 Å². The number of amides is 4. The number of halogens is 4. The Bertz CT molecular complexity index is 2150. The van der Waals surface area contributed by atoms with Gasteiger partial charge in [0.05, 0.1) is 17.9 Å². The Balaban J connectivity index is 1.42. The van der Waals surface area contributed by atoms with Crippen LogP contribution in [-0.2, 0) is 24.4 Å². The van der Waals surface area contributed by atoms with Crippen molar-refractivity contribution in [2.75, 3.05) is 13.2 Å². The second-order valence-electron chi connectivity index (χ2n) is 17.2. The van der Waals surface area contributed by atoms with E-state index in [1.165, 1.54) is 26.1 Å². The molecule has 0 spiro atoms. The first kappa shape index (κ1) is 43.9. The lowest BCUT2D eigenvalue weighted by molar-refractivity contribution is -0.222. The summed E-state index contributed by atoms with van der Waals surface area (Å²) in [6.45, 7) is 7.59. The van der Waals surface area contributed by atoms with Crippen LogP contribution in [0.2, 0.25) is 0 Å². The summed E-state index contributed by atoms with van der Waals surface area (Å²) < 4.78 is 98.1. The van der Waals surface area contributed by atoms with Crippen LogP contribution in [0, 0.1) is 23.6 Å². The lowest BCUT2D eigenvalue weighted by atomic mass is 9.85. The largest absolute Gasteiger partial charge is 0.491 e. The predicted octanol–water partition coefficient (Wildman–Crippen LogP) is 5.70. The van der Waals surface area contributed by atoms with Gasteiger partial charge in [-0.15, -0.1) is 0 Å². The molecule has 0 unspecified atom stereocenters. The van der Waals surface area contributed by atoms with Crippen LogP contribution < -0.4 is 19.5 Å². The summed E-state index contributed by atoms with van der Waals surface area (Å²) in [5.74, 6) is -5.67. The molecule has 1 aromatic carbocycles. The minimum Gasteiger partial charge on any atom is -0.491 e. The van der Waals surface area contributed by atoms with Crippen molar-refractivity contribution >= 4 is 44.6 Å². The van der Waals surface area contributed by atoms with Crippen molar-refractivity contribution in [2.24, 2.45) is 17.8 Å². The van der Waals surface area contributed by atoms with E-state index >= 15 is 4.39 Å². The number of rotatable bonds is 9. The molecule has 0 radical (unpaired) electrons. The zero-order valence-corrected chi connectivity index (χ0v) is 34.6. The van der Waals surface area contributed by atoms with Gasteiger partial charge in [0, 0.05) is 23.9 Å². The first-order valence-corrected chi connectivity index (χ1v) is 21.3. The standard InChI is InChI=1S/C40H51F4N5O9S/c1-7-57-30-17-24-12-15-45-33(27(24)19-28(30)41)58-26-18-29-32(50)46-39(35(52)47-59(55,56)38(6)13-14-38)20-25(39)11-9-8-10-22(2)16-23(3)31(34(51)48(29)21-26)49(36(53)54)37(4,5)40(42,43)44/h9,11-12,15,17,19,22-23,25-26,29,31H,7-8,10,13-14,16,18,20-21H2,1-6H3,(H,46,50)(H,47,52)(H,53,54)/t22-,23+,25+,26+,29-,31-,39+/m0/s1. The third-order valence-electron chi connectivity index (χ3n) is 12.3. The lowest BCUT2D eigenvalue weighted by Gasteiger charge is -2.45. The van der Waals surface area contributed by atoms with Crippen molar-refractivity contribution < 1.29 is 59.7 Å². The molecule has 6 rings (SSSR count). The molecule has 19 heteroatoms. The van der Waals surface area contributed by atoms with Gasteiger partial charge in [0.2, 0.25) is 27.7 Å². The minimum absolute atomic E-state index is 0.0179. The monoisotopic (exact) mass is 853 g/mol. The van der Waals surface area contributed by atoms with E-state index < -0.39 is 98.2 Å². The normalized spacial score (nSPS) is 28.7. The van der Waals surface area contributed by atoms with E-state index in [0.717, 1.165) is 11.0 Å². The Hall–Kier alpha value is -4.68. The lowest BCUT2D eigenvalue weighted by Crippen LogP contribution is -2.66. The molecule has 324 valence electrons. The number of carbonyl (C=O) groups is 4. The van der Waals surface area contributed by atoms with Crippen LogP contribution in [0.4, 0.5) is 22.4 Å². The number of fused-ring (bicyclic) bond motifs is 3. The maximum absolute atomic E-state index is 15.1. The molecule has 7 atom stereocenters. The summed E-state index contributed by atoms with van der Waals surface area (Å²) in [7, 11) is -4.15. The van der Waals surface area contributed by atoms with Crippen LogP contribution in [0.1, 0.15) is 86.5 Å². The van der Waals surface area contributed by atoms with Crippen LogP contribution in [-0.4, -0.2) is 105 Å². The van der Waals surface area contributed by atoms with Crippen molar-refractivity contribution in [1.29, 1.82) is 0 Å². The number of hydrogen-bond donors (Lipinski definition) is 3. The summed E-state index contributed by atoms with van der Waals surface area (Å²) in [4.78, 5) is 61.7. The molecule has 3 N–H and O–H groups in total. The summed E-state index contributed by atoms with van der Waals surface area (Å²) in [5.41, 5.74) is -4.82. The van der Waals surface area contributed by atoms with Gasteiger partial charge in [-0.1, -0.05) is 26.0 Å². The molecule has 3 fully saturated rings. The van der Waals surface area contributed by atoms with Crippen molar-refractivity contribution in [3.8, 4) is 11.6 Å². The molecule has 3 heterocycles. The number of allylic oxidation sites excluding steroid dienone is 1. The average Bonchev–Trinajstić information content (AvgIpc) is 4.02. The van der Waals surface area contributed by atoms with Crippen LogP contribution in [0.25, 0.3) is 10.8 Å². The molecule has 4 aliphatic rings. The summed E-state index contributed by atoms with van der Waals surface area (Å²) in [5, 5.41) is 13.8. The number of ether oxygens (including phenoxy) is 2. The number of carbonyl (C=O) groups excluding carboxylic acids is 3.